The van der Waals surface area contributed by atoms with E-state index in [1.807, 2.05) is 12.2 Å². The van der Waals surface area contributed by atoms with E-state index >= 15 is 0 Å². The Morgan fingerprint density at radius 1 is 1.30 bits per heavy atom. The summed E-state index contributed by atoms with van der Waals surface area (Å²) in [6.07, 6.45) is 11.7. The molecule has 0 bridgehead atoms. The summed E-state index contributed by atoms with van der Waals surface area (Å²) in [5, 5.41) is 20.6. The number of aliphatic hydroxyl groups excluding tert-OH is 2. The van der Waals surface area contributed by atoms with Crippen LogP contribution in [0.25, 0.3) is 0 Å². The summed E-state index contributed by atoms with van der Waals surface area (Å²) in [4.78, 5) is 12.0. The minimum Gasteiger partial charge on any atom is -0.393 e. The first kappa shape index (κ1) is 17.1. The monoisotopic (exact) mass is 322 g/mol. The molecule has 0 spiro atoms. The van der Waals surface area contributed by atoms with Crippen LogP contribution in [-0.4, -0.2) is 40.9 Å². The topological polar surface area (TPSA) is 66.8 Å². The molecule has 2 N–H and O–H groups in total. The number of hydrogen-bond donors (Lipinski definition) is 2. The van der Waals surface area contributed by atoms with Gasteiger partial charge in [-0.1, -0.05) is 44.3 Å². The van der Waals surface area contributed by atoms with E-state index in [9.17, 15) is 15.0 Å². The zero-order chi connectivity index (χ0) is 16.4. The Morgan fingerprint density at radius 3 is 2.70 bits per heavy atom. The maximum atomic E-state index is 12.0. The van der Waals surface area contributed by atoms with E-state index in [4.69, 9.17) is 4.74 Å². The molecule has 5 atom stereocenters. The van der Waals surface area contributed by atoms with Gasteiger partial charge in [0.1, 0.15) is 5.60 Å². The van der Waals surface area contributed by atoms with Gasteiger partial charge in [0.25, 0.3) is 0 Å². The smallest absolute Gasteiger partial charge is 0.165 e. The van der Waals surface area contributed by atoms with Gasteiger partial charge in [-0.3, -0.25) is 4.79 Å². The van der Waals surface area contributed by atoms with Crippen molar-refractivity contribution < 1.29 is 19.7 Å². The van der Waals surface area contributed by atoms with Crippen molar-refractivity contribution in [2.75, 3.05) is 7.11 Å². The Labute approximate surface area is 138 Å². The Hall–Kier alpha value is -0.710. The van der Waals surface area contributed by atoms with Crippen LogP contribution in [0.1, 0.15) is 57.8 Å². The van der Waals surface area contributed by atoms with E-state index in [1.54, 1.807) is 7.11 Å². The molecule has 0 saturated heterocycles. The Morgan fingerprint density at radius 2 is 2.04 bits per heavy atom. The summed E-state index contributed by atoms with van der Waals surface area (Å²) < 4.78 is 5.54. The van der Waals surface area contributed by atoms with E-state index < -0.39 is 17.8 Å². The van der Waals surface area contributed by atoms with Crippen molar-refractivity contribution in [3.05, 3.63) is 12.2 Å². The predicted molar refractivity (Wildman–Crippen MR) is 87.9 cm³/mol. The van der Waals surface area contributed by atoms with Crippen molar-refractivity contribution in [2.24, 2.45) is 17.8 Å². The molecule has 0 heterocycles. The molecule has 3 aliphatic carbocycles. The summed E-state index contributed by atoms with van der Waals surface area (Å²) in [6.45, 7) is 0. The van der Waals surface area contributed by atoms with Crippen molar-refractivity contribution in [3.63, 3.8) is 0 Å². The predicted octanol–water partition coefficient (Wildman–Crippen LogP) is 2.62. The maximum Gasteiger partial charge on any atom is 0.165 e. The number of ketones is 1. The zero-order valence-electron chi connectivity index (χ0n) is 14.1. The molecule has 23 heavy (non-hydrogen) atoms. The molecule has 0 aromatic rings. The molecule has 4 heteroatoms. The highest BCUT2D eigenvalue weighted by molar-refractivity contribution is 5.94. The highest BCUT2D eigenvalue weighted by atomic mass is 16.5. The van der Waals surface area contributed by atoms with Gasteiger partial charge in [0.2, 0.25) is 0 Å². The van der Waals surface area contributed by atoms with Gasteiger partial charge in [-0.25, -0.2) is 0 Å². The number of carbonyl (C=O) groups is 1. The third kappa shape index (κ3) is 3.26. The lowest BCUT2D eigenvalue weighted by Gasteiger charge is -2.54. The van der Waals surface area contributed by atoms with Crippen molar-refractivity contribution in [2.45, 2.75) is 75.6 Å². The first-order chi connectivity index (χ1) is 11.1. The molecule has 0 unspecified atom stereocenters. The normalized spacial score (nSPS) is 40.0. The van der Waals surface area contributed by atoms with Crippen LogP contribution in [0.2, 0.25) is 0 Å². The molecule has 0 aromatic heterocycles. The van der Waals surface area contributed by atoms with Gasteiger partial charge >= 0.3 is 0 Å². The average molecular weight is 322 g/mol. The summed E-state index contributed by atoms with van der Waals surface area (Å²) in [5.41, 5.74) is -0.678. The lowest BCUT2D eigenvalue weighted by atomic mass is 9.55. The van der Waals surface area contributed by atoms with Crippen LogP contribution in [0, 0.1) is 17.8 Å². The molecule has 3 aliphatic rings. The van der Waals surface area contributed by atoms with E-state index in [0.717, 1.165) is 6.42 Å². The van der Waals surface area contributed by atoms with Gasteiger partial charge in [0, 0.05) is 25.4 Å². The third-order valence-corrected chi connectivity index (χ3v) is 6.42. The number of aliphatic hydroxyl groups is 2. The molecule has 3 fully saturated rings. The van der Waals surface area contributed by atoms with E-state index in [-0.39, 0.29) is 17.6 Å². The zero-order valence-corrected chi connectivity index (χ0v) is 14.1. The van der Waals surface area contributed by atoms with E-state index in [2.05, 4.69) is 0 Å². The molecule has 0 radical (unpaired) electrons. The van der Waals surface area contributed by atoms with Gasteiger partial charge in [0.15, 0.2) is 5.78 Å². The molecule has 130 valence electrons. The van der Waals surface area contributed by atoms with Crippen molar-refractivity contribution in [3.8, 4) is 0 Å². The number of Topliss-reactive ketones (excluding diaryl/α,β-unsaturated/α-hetero) is 1. The lowest BCUT2D eigenvalue weighted by Crippen LogP contribution is -2.64. The Balaban J connectivity index is 1.60. The first-order valence-corrected chi connectivity index (χ1v) is 9.19. The molecule has 3 rings (SSSR count). The first-order valence-electron chi connectivity index (χ1n) is 9.19. The van der Waals surface area contributed by atoms with Crippen molar-refractivity contribution >= 4 is 5.78 Å². The Kier molecular flexibility index (Phi) is 5.24. The van der Waals surface area contributed by atoms with Gasteiger partial charge in [0.05, 0.1) is 12.2 Å². The highest BCUT2D eigenvalue weighted by Gasteiger charge is 2.60. The summed E-state index contributed by atoms with van der Waals surface area (Å²) >= 11 is 0. The molecular formula is C19H30O4. The minimum atomic E-state index is -0.678. The van der Waals surface area contributed by atoms with Crippen molar-refractivity contribution in [1.29, 1.82) is 0 Å². The summed E-state index contributed by atoms with van der Waals surface area (Å²) in [5.74, 6) is 0.769. The second-order valence-corrected chi connectivity index (χ2v) is 7.70. The lowest BCUT2D eigenvalue weighted by molar-refractivity contribution is -0.191. The second kappa shape index (κ2) is 7.04. The number of methoxy groups -OCH3 is 1. The molecule has 3 saturated carbocycles. The molecule has 0 amide bonds. The third-order valence-electron chi connectivity index (χ3n) is 6.42. The molecule has 0 aromatic carbocycles. The number of rotatable bonds is 5. The summed E-state index contributed by atoms with van der Waals surface area (Å²) in [7, 11) is 1.60. The van der Waals surface area contributed by atoms with Crippen LogP contribution in [0.15, 0.2) is 12.2 Å². The molecule has 4 nitrogen and oxygen atoms in total. The quantitative estimate of drug-likeness (QED) is 0.764. The van der Waals surface area contributed by atoms with Crippen LogP contribution >= 0.6 is 0 Å². The standard InChI is InChI=1S/C19H30O4/c1-23-19-10-9-17(21)15(16(19)12-18(19)22)8-7-14(20)11-13-5-3-2-4-6-13/h7-8,13-17,20-21H,2-6,9-12H2,1H3/t14-,15+,16+,17+,19+/m1/s1. The molecular weight excluding hydrogens is 292 g/mol. The maximum absolute atomic E-state index is 12.0. The van der Waals surface area contributed by atoms with E-state index in [0.29, 0.717) is 25.2 Å². The van der Waals surface area contributed by atoms with Crippen LogP contribution < -0.4 is 0 Å². The Bertz CT molecular complexity index is 454. The number of ether oxygens (including phenoxy) is 1. The second-order valence-electron chi connectivity index (χ2n) is 7.70. The van der Waals surface area contributed by atoms with Crippen LogP contribution in [0.4, 0.5) is 0 Å². The minimum absolute atomic E-state index is 0.0573. The summed E-state index contributed by atoms with van der Waals surface area (Å²) in [6, 6.07) is 0. The largest absolute Gasteiger partial charge is 0.393 e. The fraction of sp³-hybridized carbons (Fsp3) is 0.842. The fourth-order valence-corrected chi connectivity index (χ4v) is 4.94. The SMILES string of the molecule is CO[C@@]12CC[C@H](O)[C@@H](C=C[C@@H](O)CC3CCCCC3)[C@@H]1CC2=O. The highest BCUT2D eigenvalue weighted by Crippen LogP contribution is 2.51. The number of fused-ring (bicyclic) bond motifs is 1. The van der Waals surface area contributed by atoms with Gasteiger partial charge < -0.3 is 14.9 Å². The van der Waals surface area contributed by atoms with E-state index in [1.165, 1.54) is 32.1 Å². The fourth-order valence-electron chi connectivity index (χ4n) is 4.94. The van der Waals surface area contributed by atoms with Gasteiger partial charge in [-0.2, -0.15) is 0 Å². The van der Waals surface area contributed by atoms with Crippen LogP contribution in [0.3, 0.4) is 0 Å². The van der Waals surface area contributed by atoms with Gasteiger partial charge in [-0.05, 0) is 25.2 Å². The van der Waals surface area contributed by atoms with Crippen molar-refractivity contribution in [1.82, 2.24) is 0 Å². The van der Waals surface area contributed by atoms with Crippen LogP contribution in [0.5, 0.6) is 0 Å². The number of hydrogen-bond acceptors (Lipinski definition) is 4. The molecule has 0 aliphatic heterocycles. The van der Waals surface area contributed by atoms with Crippen LogP contribution in [-0.2, 0) is 9.53 Å². The number of carbonyl (C=O) groups excluding carboxylic acids is 1. The van der Waals surface area contributed by atoms with Gasteiger partial charge in [-0.15, -0.1) is 0 Å². The average Bonchev–Trinajstić information content (AvgIpc) is 2.55.